The van der Waals surface area contributed by atoms with Gasteiger partial charge in [0.05, 0.1) is 7.11 Å². The monoisotopic (exact) mass is 380 g/mol. The van der Waals surface area contributed by atoms with E-state index in [0.717, 1.165) is 44.9 Å². The van der Waals surface area contributed by atoms with Crippen LogP contribution in [0.5, 0.6) is 5.75 Å². The van der Waals surface area contributed by atoms with Gasteiger partial charge in [0, 0.05) is 24.2 Å². The maximum atomic E-state index is 12.9. The Balaban J connectivity index is 1.89. The van der Waals surface area contributed by atoms with Crippen molar-refractivity contribution in [2.75, 3.05) is 13.7 Å². The maximum absolute atomic E-state index is 12.9. The molecule has 0 aromatic heterocycles. The second-order valence-electron chi connectivity index (χ2n) is 7.31. The number of nitrogens with one attached hydrogen (secondary N) is 1. The minimum Gasteiger partial charge on any atom is -0.495 e. The van der Waals surface area contributed by atoms with E-state index < -0.39 is 10.0 Å². The van der Waals surface area contributed by atoms with Crippen LogP contribution in [0.25, 0.3) is 0 Å². The molecule has 0 bridgehead atoms. The van der Waals surface area contributed by atoms with Gasteiger partial charge in [-0.3, -0.25) is 4.79 Å². The molecule has 1 aromatic rings. The third-order valence-corrected chi connectivity index (χ3v) is 6.98. The molecule has 1 aromatic carbocycles. The van der Waals surface area contributed by atoms with Crippen molar-refractivity contribution < 1.29 is 17.9 Å². The fourth-order valence-electron chi connectivity index (χ4n) is 3.91. The molecule has 1 heterocycles. The van der Waals surface area contributed by atoms with Gasteiger partial charge in [0.1, 0.15) is 10.6 Å². The Hall–Kier alpha value is -1.60. The number of ether oxygens (including phenoxy) is 1. The number of sulfonamides is 1. The van der Waals surface area contributed by atoms with Crippen molar-refractivity contribution >= 4 is 15.9 Å². The van der Waals surface area contributed by atoms with E-state index in [1.165, 1.54) is 13.2 Å². The fraction of sp³-hybridized carbons (Fsp3) is 0.632. The van der Waals surface area contributed by atoms with Crippen LogP contribution in [0.4, 0.5) is 0 Å². The van der Waals surface area contributed by atoms with Crippen molar-refractivity contribution in [2.24, 2.45) is 0 Å². The summed E-state index contributed by atoms with van der Waals surface area (Å²) < 4.78 is 33.8. The average Bonchev–Trinajstić information content (AvgIpc) is 3.13. The molecule has 7 heteroatoms. The summed E-state index contributed by atoms with van der Waals surface area (Å²) >= 11 is 0. The second-order valence-corrected chi connectivity index (χ2v) is 8.99. The van der Waals surface area contributed by atoms with Gasteiger partial charge in [-0.2, -0.15) is 0 Å². The number of amides is 1. The number of methoxy groups -OCH3 is 1. The second kappa shape index (κ2) is 7.96. The van der Waals surface area contributed by atoms with Gasteiger partial charge in [-0.1, -0.05) is 12.8 Å². The molecule has 1 N–H and O–H groups in total. The molecule has 1 aliphatic carbocycles. The molecule has 3 rings (SSSR count). The van der Waals surface area contributed by atoms with Gasteiger partial charge >= 0.3 is 0 Å². The summed E-state index contributed by atoms with van der Waals surface area (Å²) in [5, 5.41) is 0. The van der Waals surface area contributed by atoms with Crippen LogP contribution in [-0.4, -0.2) is 45.0 Å². The maximum Gasteiger partial charge on any atom is 0.254 e. The molecule has 144 valence electrons. The third-order valence-electron chi connectivity index (χ3n) is 5.44. The predicted octanol–water partition coefficient (Wildman–Crippen LogP) is 2.93. The summed E-state index contributed by atoms with van der Waals surface area (Å²) in [5.74, 6) is 0.149. The first-order valence-corrected chi connectivity index (χ1v) is 10.9. The Kier molecular flexibility index (Phi) is 5.87. The number of piperidine rings is 1. The van der Waals surface area contributed by atoms with Crippen molar-refractivity contribution in [1.29, 1.82) is 0 Å². The van der Waals surface area contributed by atoms with Gasteiger partial charge in [0.25, 0.3) is 5.91 Å². The summed E-state index contributed by atoms with van der Waals surface area (Å²) in [6, 6.07) is 4.82. The fourth-order valence-corrected chi connectivity index (χ4v) is 5.41. The Morgan fingerprint density at radius 3 is 2.50 bits per heavy atom. The van der Waals surface area contributed by atoms with E-state index in [1.807, 2.05) is 11.8 Å². The molecule has 0 radical (unpaired) electrons. The average molecular weight is 381 g/mol. The van der Waals surface area contributed by atoms with E-state index in [1.54, 1.807) is 12.1 Å². The number of carbonyl (C=O) groups excluding carboxylic acids is 1. The van der Waals surface area contributed by atoms with Crippen LogP contribution in [0.3, 0.4) is 0 Å². The zero-order chi connectivity index (χ0) is 18.7. The first-order chi connectivity index (χ1) is 12.4. The van der Waals surface area contributed by atoms with Gasteiger partial charge in [-0.15, -0.1) is 0 Å². The summed E-state index contributed by atoms with van der Waals surface area (Å²) in [6.07, 6.45) is 6.87. The van der Waals surface area contributed by atoms with Crippen molar-refractivity contribution in [3.8, 4) is 5.75 Å². The Labute approximate surface area is 156 Å². The highest BCUT2D eigenvalue weighted by Crippen LogP contribution is 2.28. The summed E-state index contributed by atoms with van der Waals surface area (Å²) in [5.41, 5.74) is 0.395. The minimum atomic E-state index is -3.73. The Morgan fingerprint density at radius 2 is 1.85 bits per heavy atom. The van der Waals surface area contributed by atoms with E-state index in [-0.39, 0.29) is 28.6 Å². The molecule has 1 amide bonds. The molecule has 0 spiro atoms. The highest BCUT2D eigenvalue weighted by molar-refractivity contribution is 7.89. The Bertz CT molecular complexity index is 757. The predicted molar refractivity (Wildman–Crippen MR) is 99.9 cm³/mol. The number of hydrogen-bond donors (Lipinski definition) is 1. The van der Waals surface area contributed by atoms with Crippen molar-refractivity contribution in [3.63, 3.8) is 0 Å². The van der Waals surface area contributed by atoms with Crippen LogP contribution in [0.15, 0.2) is 23.1 Å². The van der Waals surface area contributed by atoms with Crippen LogP contribution in [0.2, 0.25) is 0 Å². The first-order valence-electron chi connectivity index (χ1n) is 9.43. The highest BCUT2D eigenvalue weighted by atomic mass is 32.2. The SMILES string of the molecule is COc1ccc(C(=O)N2CCCC[C@@H]2C)cc1S(=O)(=O)NC1CCCC1. The lowest BCUT2D eigenvalue weighted by Crippen LogP contribution is -2.42. The van der Waals surface area contributed by atoms with Gasteiger partial charge in [-0.05, 0) is 57.2 Å². The normalized spacial score (nSPS) is 21.8. The first kappa shape index (κ1) is 19.2. The number of benzene rings is 1. The topological polar surface area (TPSA) is 75.7 Å². The largest absolute Gasteiger partial charge is 0.495 e. The lowest BCUT2D eigenvalue weighted by molar-refractivity contribution is 0.0635. The molecular weight excluding hydrogens is 352 g/mol. The van der Waals surface area contributed by atoms with Crippen LogP contribution in [-0.2, 0) is 10.0 Å². The van der Waals surface area contributed by atoms with Gasteiger partial charge in [0.15, 0.2) is 0 Å². The molecule has 1 saturated heterocycles. The quantitative estimate of drug-likeness (QED) is 0.852. The lowest BCUT2D eigenvalue weighted by Gasteiger charge is -2.33. The molecule has 0 unspecified atom stereocenters. The Morgan fingerprint density at radius 1 is 1.15 bits per heavy atom. The number of hydrogen-bond acceptors (Lipinski definition) is 4. The number of rotatable bonds is 5. The van der Waals surface area contributed by atoms with Crippen LogP contribution in [0.1, 0.15) is 62.2 Å². The van der Waals surface area contributed by atoms with Crippen LogP contribution in [0, 0.1) is 0 Å². The zero-order valence-electron chi connectivity index (χ0n) is 15.5. The van der Waals surface area contributed by atoms with Crippen molar-refractivity contribution in [3.05, 3.63) is 23.8 Å². The number of nitrogens with zero attached hydrogens (tertiary/aromatic N) is 1. The van der Waals surface area contributed by atoms with Gasteiger partial charge in [-0.25, -0.2) is 13.1 Å². The van der Waals surface area contributed by atoms with E-state index in [0.29, 0.717) is 12.1 Å². The van der Waals surface area contributed by atoms with E-state index in [4.69, 9.17) is 4.74 Å². The lowest BCUT2D eigenvalue weighted by atomic mass is 10.0. The van der Waals surface area contributed by atoms with Gasteiger partial charge in [0.2, 0.25) is 10.0 Å². The summed E-state index contributed by atoms with van der Waals surface area (Å²) in [6.45, 7) is 2.76. The van der Waals surface area contributed by atoms with Gasteiger partial charge < -0.3 is 9.64 Å². The standard InChI is InChI=1S/C19H28N2O4S/c1-14-7-5-6-12-21(14)19(22)15-10-11-17(25-2)18(13-15)26(23,24)20-16-8-3-4-9-16/h10-11,13-14,16,20H,3-9,12H2,1-2H3/t14-/m0/s1. The smallest absolute Gasteiger partial charge is 0.254 e. The van der Waals surface area contributed by atoms with Crippen LogP contribution >= 0.6 is 0 Å². The molecular formula is C19H28N2O4S. The molecule has 1 atom stereocenters. The molecule has 1 saturated carbocycles. The molecule has 26 heavy (non-hydrogen) atoms. The summed E-state index contributed by atoms with van der Waals surface area (Å²) in [4.78, 5) is 14.8. The van der Waals surface area contributed by atoms with Crippen LogP contribution < -0.4 is 9.46 Å². The van der Waals surface area contributed by atoms with Crippen molar-refractivity contribution in [2.45, 2.75) is 68.8 Å². The van der Waals surface area contributed by atoms with Crippen molar-refractivity contribution in [1.82, 2.24) is 9.62 Å². The number of carbonyl (C=O) groups is 1. The molecule has 1 aliphatic heterocycles. The molecule has 6 nitrogen and oxygen atoms in total. The number of likely N-dealkylation sites (tertiary alicyclic amines) is 1. The van der Waals surface area contributed by atoms with E-state index in [9.17, 15) is 13.2 Å². The summed E-state index contributed by atoms with van der Waals surface area (Å²) in [7, 11) is -2.29. The molecule has 2 aliphatic rings. The minimum absolute atomic E-state index is 0.0359. The third kappa shape index (κ3) is 4.04. The zero-order valence-corrected chi connectivity index (χ0v) is 16.3. The van der Waals surface area contributed by atoms with E-state index >= 15 is 0 Å². The highest BCUT2D eigenvalue weighted by Gasteiger charge is 2.29. The van der Waals surface area contributed by atoms with E-state index in [2.05, 4.69) is 4.72 Å². The molecule has 2 fully saturated rings.